The molecule has 0 aromatic rings. The molecule has 2 aliphatic rings. The molecule has 0 spiro atoms. The van der Waals surface area contributed by atoms with Crippen LogP contribution in [-0.4, -0.2) is 52.1 Å². The van der Waals surface area contributed by atoms with Crippen LogP contribution in [0.5, 0.6) is 0 Å². The maximum atomic E-state index is 11.8. The van der Waals surface area contributed by atoms with E-state index in [4.69, 9.17) is 0 Å². The second kappa shape index (κ2) is 6.30. The Kier molecular flexibility index (Phi) is 4.98. The molecule has 0 radical (unpaired) electrons. The van der Waals surface area contributed by atoms with E-state index < -0.39 is 0 Å². The first-order valence-corrected chi connectivity index (χ1v) is 8.31. The van der Waals surface area contributed by atoms with Gasteiger partial charge in [0, 0.05) is 17.9 Å². The topological polar surface area (TPSA) is 46.6 Å². The maximum absolute atomic E-state index is 11.8. The van der Waals surface area contributed by atoms with Gasteiger partial charge in [-0.15, -0.1) is 23.5 Å². The van der Waals surface area contributed by atoms with Gasteiger partial charge in [0.2, 0.25) is 0 Å². The molecule has 4 nitrogen and oxygen atoms in total. The van der Waals surface area contributed by atoms with Gasteiger partial charge in [-0.1, -0.05) is 0 Å². The van der Waals surface area contributed by atoms with Crippen LogP contribution < -0.4 is 0 Å². The number of rotatable bonds is 6. The number of hydrogen-bond donors (Lipinski definition) is 0. The molecular weight excluding hydrogens is 270 g/mol. The lowest BCUT2D eigenvalue weighted by atomic mass is 10.0. The van der Waals surface area contributed by atoms with Crippen molar-refractivity contribution in [2.75, 3.05) is 18.6 Å². The minimum atomic E-state index is -0.189. The normalized spacial score (nSPS) is 28.3. The first kappa shape index (κ1) is 14.2. The zero-order chi connectivity index (χ0) is 13.1. The third-order valence-corrected chi connectivity index (χ3v) is 6.47. The second-order valence-corrected chi connectivity index (χ2v) is 7.04. The van der Waals surface area contributed by atoms with Crippen LogP contribution in [0, 0.1) is 0 Å². The van der Waals surface area contributed by atoms with Gasteiger partial charge in [0.05, 0.1) is 23.9 Å². The maximum Gasteiger partial charge on any atom is 0.305 e. The van der Waals surface area contributed by atoms with E-state index in [0.29, 0.717) is 17.2 Å². The highest BCUT2D eigenvalue weighted by Gasteiger charge is 2.45. The van der Waals surface area contributed by atoms with Crippen molar-refractivity contribution in [1.29, 1.82) is 0 Å². The standard InChI is InChI=1S/C12H19NO3S2/c1-8(14)9(4-3-5-12(15)16-2)13-10-6-17-11(13)7-18-10/h9-11H,3-7H2,1-2H3. The molecule has 2 heterocycles. The molecule has 0 aliphatic carbocycles. The molecule has 2 rings (SSSR count). The van der Waals surface area contributed by atoms with E-state index >= 15 is 0 Å². The first-order chi connectivity index (χ1) is 8.63. The van der Waals surface area contributed by atoms with E-state index in [0.717, 1.165) is 24.3 Å². The van der Waals surface area contributed by atoms with Gasteiger partial charge in [-0.05, 0) is 19.8 Å². The van der Waals surface area contributed by atoms with E-state index in [1.165, 1.54) is 7.11 Å². The fourth-order valence-corrected chi connectivity index (χ4v) is 5.89. The number of fused-ring (bicyclic) bond motifs is 2. The summed E-state index contributed by atoms with van der Waals surface area (Å²) >= 11 is 3.90. The van der Waals surface area contributed by atoms with Crippen LogP contribution in [0.2, 0.25) is 0 Å². The third-order valence-electron chi connectivity index (χ3n) is 3.44. The lowest BCUT2D eigenvalue weighted by Crippen LogP contribution is -2.43. The van der Waals surface area contributed by atoms with Crippen molar-refractivity contribution in [2.45, 2.75) is 43.0 Å². The number of methoxy groups -OCH3 is 1. The number of ketones is 1. The molecule has 3 atom stereocenters. The summed E-state index contributed by atoms with van der Waals surface area (Å²) in [6, 6.07) is -0.0188. The van der Waals surface area contributed by atoms with E-state index in [2.05, 4.69) is 9.64 Å². The van der Waals surface area contributed by atoms with Crippen molar-refractivity contribution in [2.24, 2.45) is 0 Å². The fraction of sp³-hybridized carbons (Fsp3) is 0.833. The Morgan fingerprint density at radius 3 is 2.39 bits per heavy atom. The molecule has 2 fully saturated rings. The van der Waals surface area contributed by atoms with Crippen LogP contribution in [-0.2, 0) is 14.3 Å². The molecule has 0 N–H and O–H groups in total. The number of carbonyl (C=O) groups is 2. The van der Waals surface area contributed by atoms with Crippen LogP contribution in [0.4, 0.5) is 0 Å². The van der Waals surface area contributed by atoms with Crippen LogP contribution >= 0.6 is 23.5 Å². The van der Waals surface area contributed by atoms with Crippen molar-refractivity contribution >= 4 is 35.3 Å². The lowest BCUT2D eigenvalue weighted by Gasteiger charge is -2.28. The molecular formula is C12H19NO3S2. The van der Waals surface area contributed by atoms with E-state index in [1.807, 2.05) is 23.5 Å². The lowest BCUT2D eigenvalue weighted by molar-refractivity contribution is -0.141. The van der Waals surface area contributed by atoms with Crippen molar-refractivity contribution in [3.63, 3.8) is 0 Å². The average molecular weight is 289 g/mol. The number of esters is 1. The molecule has 18 heavy (non-hydrogen) atoms. The summed E-state index contributed by atoms with van der Waals surface area (Å²) in [5, 5.41) is 0.985. The number of carbonyl (C=O) groups excluding carboxylic acids is 2. The van der Waals surface area contributed by atoms with Gasteiger partial charge in [0.15, 0.2) is 0 Å². The molecule has 6 heteroatoms. The number of ether oxygens (including phenoxy) is 1. The van der Waals surface area contributed by atoms with Crippen LogP contribution in [0.15, 0.2) is 0 Å². The third kappa shape index (κ3) is 3.03. The van der Waals surface area contributed by atoms with Crippen LogP contribution in [0.1, 0.15) is 26.2 Å². The highest BCUT2D eigenvalue weighted by Crippen LogP contribution is 2.45. The number of Topliss-reactive ketones (excluding diaryl/α,β-unsaturated/α-hetero) is 1. The van der Waals surface area contributed by atoms with Gasteiger partial charge < -0.3 is 4.74 Å². The minimum Gasteiger partial charge on any atom is -0.469 e. The smallest absolute Gasteiger partial charge is 0.305 e. The monoisotopic (exact) mass is 289 g/mol. The summed E-state index contributed by atoms with van der Waals surface area (Å²) in [7, 11) is 1.40. The molecule has 0 aromatic carbocycles. The van der Waals surface area contributed by atoms with Crippen molar-refractivity contribution in [3.8, 4) is 0 Å². The molecule has 0 aromatic heterocycles. The van der Waals surface area contributed by atoms with E-state index in [1.54, 1.807) is 6.92 Å². The first-order valence-electron chi connectivity index (χ1n) is 6.21. The van der Waals surface area contributed by atoms with Gasteiger partial charge in [-0.3, -0.25) is 14.5 Å². The molecule has 2 saturated heterocycles. The molecule has 2 bridgehead atoms. The molecule has 2 aliphatic heterocycles. The van der Waals surface area contributed by atoms with E-state index in [9.17, 15) is 9.59 Å². The summed E-state index contributed by atoms with van der Waals surface area (Å²) in [5.41, 5.74) is 0. The van der Waals surface area contributed by atoms with Gasteiger partial charge in [-0.25, -0.2) is 0 Å². The van der Waals surface area contributed by atoms with E-state index in [-0.39, 0.29) is 17.8 Å². The zero-order valence-corrected chi connectivity index (χ0v) is 12.4. The molecule has 102 valence electrons. The van der Waals surface area contributed by atoms with Crippen LogP contribution in [0.25, 0.3) is 0 Å². The SMILES string of the molecule is COC(=O)CCCC(C(C)=O)N1C2CSC1CS2. The van der Waals surface area contributed by atoms with Crippen molar-refractivity contribution < 1.29 is 14.3 Å². The minimum absolute atomic E-state index is 0.0188. The molecule has 0 amide bonds. The number of hydrogen-bond acceptors (Lipinski definition) is 6. The second-order valence-electron chi connectivity index (χ2n) is 4.62. The zero-order valence-electron chi connectivity index (χ0n) is 10.8. The quantitative estimate of drug-likeness (QED) is 0.694. The average Bonchev–Trinajstić information content (AvgIpc) is 2.93. The fourth-order valence-electron chi connectivity index (χ4n) is 2.52. The Morgan fingerprint density at radius 2 is 1.94 bits per heavy atom. The molecule has 0 saturated carbocycles. The van der Waals surface area contributed by atoms with Gasteiger partial charge in [0.25, 0.3) is 0 Å². The van der Waals surface area contributed by atoms with Gasteiger partial charge >= 0.3 is 5.97 Å². The number of thioether (sulfide) groups is 2. The highest BCUT2D eigenvalue weighted by molar-refractivity contribution is 8.07. The Morgan fingerprint density at radius 1 is 1.33 bits per heavy atom. The Hall–Kier alpha value is -0.200. The van der Waals surface area contributed by atoms with Gasteiger partial charge in [0.1, 0.15) is 5.78 Å². The molecule has 3 unspecified atom stereocenters. The van der Waals surface area contributed by atoms with Crippen LogP contribution in [0.3, 0.4) is 0 Å². The summed E-state index contributed by atoms with van der Waals surface area (Å²) in [6.45, 7) is 1.66. The van der Waals surface area contributed by atoms with Crippen molar-refractivity contribution in [1.82, 2.24) is 4.90 Å². The Labute approximate surface area is 116 Å². The summed E-state index contributed by atoms with van der Waals surface area (Å²) < 4.78 is 4.63. The Balaban J connectivity index is 1.89. The summed E-state index contributed by atoms with van der Waals surface area (Å²) in [5.74, 6) is 2.27. The van der Waals surface area contributed by atoms with Gasteiger partial charge in [-0.2, -0.15) is 0 Å². The predicted octanol–water partition coefficient (Wildman–Crippen LogP) is 1.74. The van der Waals surface area contributed by atoms with Crippen molar-refractivity contribution in [3.05, 3.63) is 0 Å². The largest absolute Gasteiger partial charge is 0.469 e. The summed E-state index contributed by atoms with van der Waals surface area (Å²) in [4.78, 5) is 25.3. The Bertz CT molecular complexity index is 317. The predicted molar refractivity (Wildman–Crippen MR) is 74.7 cm³/mol. The number of nitrogens with zero attached hydrogens (tertiary/aromatic N) is 1. The highest BCUT2D eigenvalue weighted by atomic mass is 32.2. The summed E-state index contributed by atoms with van der Waals surface area (Å²) in [6.07, 6.45) is 1.89.